The molecule has 0 atom stereocenters. The SMILES string of the molecule is Cc1nc2ccccc2n1-c1ccnc(C(=O)N(C)C)c1. The van der Waals surface area contributed by atoms with Crippen molar-refractivity contribution in [2.24, 2.45) is 0 Å². The van der Waals surface area contributed by atoms with E-state index >= 15 is 0 Å². The first-order valence-corrected chi connectivity index (χ1v) is 6.70. The van der Waals surface area contributed by atoms with Gasteiger partial charge in [-0.1, -0.05) is 12.1 Å². The van der Waals surface area contributed by atoms with Gasteiger partial charge in [-0.3, -0.25) is 14.3 Å². The Morgan fingerprint density at radius 1 is 1.19 bits per heavy atom. The van der Waals surface area contributed by atoms with Gasteiger partial charge in [0.2, 0.25) is 0 Å². The number of carbonyl (C=O) groups is 1. The van der Waals surface area contributed by atoms with Crippen LogP contribution in [0.3, 0.4) is 0 Å². The lowest BCUT2D eigenvalue weighted by Crippen LogP contribution is -2.22. The second-order valence-corrected chi connectivity index (χ2v) is 5.08. The lowest BCUT2D eigenvalue weighted by molar-refractivity contribution is 0.0822. The number of rotatable bonds is 2. The van der Waals surface area contributed by atoms with Crippen LogP contribution in [0.25, 0.3) is 16.7 Å². The molecule has 0 saturated carbocycles. The van der Waals surface area contributed by atoms with Crippen LogP contribution >= 0.6 is 0 Å². The summed E-state index contributed by atoms with van der Waals surface area (Å²) in [4.78, 5) is 22.3. The van der Waals surface area contributed by atoms with Gasteiger partial charge in [-0.15, -0.1) is 0 Å². The summed E-state index contributed by atoms with van der Waals surface area (Å²) in [5.74, 6) is 0.768. The number of pyridine rings is 1. The van der Waals surface area contributed by atoms with E-state index in [1.165, 1.54) is 4.90 Å². The average Bonchev–Trinajstić information content (AvgIpc) is 2.82. The summed E-state index contributed by atoms with van der Waals surface area (Å²) in [5, 5.41) is 0. The topological polar surface area (TPSA) is 51.0 Å². The van der Waals surface area contributed by atoms with Crippen LogP contribution in [0.4, 0.5) is 0 Å². The second kappa shape index (κ2) is 5.01. The molecule has 106 valence electrons. The molecule has 0 saturated heterocycles. The van der Waals surface area contributed by atoms with Crippen LogP contribution < -0.4 is 0 Å². The number of benzene rings is 1. The van der Waals surface area contributed by atoms with Gasteiger partial charge in [0.25, 0.3) is 5.91 Å². The summed E-state index contributed by atoms with van der Waals surface area (Å²) in [5.41, 5.74) is 3.27. The van der Waals surface area contributed by atoms with Crippen LogP contribution in [-0.4, -0.2) is 39.4 Å². The number of carbonyl (C=O) groups excluding carboxylic acids is 1. The van der Waals surface area contributed by atoms with Crippen molar-refractivity contribution >= 4 is 16.9 Å². The molecule has 2 aromatic heterocycles. The molecule has 2 heterocycles. The van der Waals surface area contributed by atoms with Gasteiger partial charge in [0.15, 0.2) is 0 Å². The van der Waals surface area contributed by atoms with E-state index < -0.39 is 0 Å². The van der Waals surface area contributed by atoms with Gasteiger partial charge in [0, 0.05) is 20.3 Å². The van der Waals surface area contributed by atoms with Crippen molar-refractivity contribution in [2.75, 3.05) is 14.1 Å². The Morgan fingerprint density at radius 3 is 2.71 bits per heavy atom. The first-order chi connectivity index (χ1) is 10.1. The van der Waals surface area contributed by atoms with Gasteiger partial charge < -0.3 is 4.90 Å². The zero-order chi connectivity index (χ0) is 15.0. The molecule has 0 aliphatic carbocycles. The van der Waals surface area contributed by atoms with Crippen molar-refractivity contribution in [1.82, 2.24) is 19.4 Å². The zero-order valence-corrected chi connectivity index (χ0v) is 12.2. The van der Waals surface area contributed by atoms with E-state index in [9.17, 15) is 4.79 Å². The van der Waals surface area contributed by atoms with Crippen molar-refractivity contribution in [3.8, 4) is 5.69 Å². The van der Waals surface area contributed by atoms with Gasteiger partial charge in [0.05, 0.1) is 16.7 Å². The number of hydrogen-bond acceptors (Lipinski definition) is 3. The van der Waals surface area contributed by atoms with Crippen molar-refractivity contribution in [2.45, 2.75) is 6.92 Å². The van der Waals surface area contributed by atoms with Crippen molar-refractivity contribution in [1.29, 1.82) is 0 Å². The highest BCUT2D eigenvalue weighted by molar-refractivity contribution is 5.92. The summed E-state index contributed by atoms with van der Waals surface area (Å²) in [6.07, 6.45) is 1.65. The van der Waals surface area contributed by atoms with Crippen molar-refractivity contribution in [3.63, 3.8) is 0 Å². The fraction of sp³-hybridized carbons (Fsp3) is 0.188. The summed E-state index contributed by atoms with van der Waals surface area (Å²) >= 11 is 0. The maximum absolute atomic E-state index is 12.1. The summed E-state index contributed by atoms with van der Waals surface area (Å²) in [7, 11) is 3.43. The summed E-state index contributed by atoms with van der Waals surface area (Å²) < 4.78 is 2.03. The van der Waals surface area contributed by atoms with Gasteiger partial charge in [-0.2, -0.15) is 0 Å². The minimum absolute atomic E-state index is 0.112. The van der Waals surface area contributed by atoms with Gasteiger partial charge in [-0.05, 0) is 31.2 Å². The molecule has 0 bridgehead atoms. The highest BCUT2D eigenvalue weighted by atomic mass is 16.2. The largest absolute Gasteiger partial charge is 0.343 e. The standard InChI is InChI=1S/C16H16N4O/c1-11-18-13-6-4-5-7-15(13)20(11)12-8-9-17-14(10-12)16(21)19(2)3/h4-10H,1-3H3. The minimum atomic E-state index is -0.112. The van der Waals surface area contributed by atoms with Crippen molar-refractivity contribution < 1.29 is 4.79 Å². The molecule has 0 fully saturated rings. The summed E-state index contributed by atoms with van der Waals surface area (Å²) in [6, 6.07) is 11.6. The molecule has 5 heteroatoms. The molecule has 0 N–H and O–H groups in total. The number of hydrogen-bond donors (Lipinski definition) is 0. The molecule has 5 nitrogen and oxygen atoms in total. The third kappa shape index (κ3) is 2.27. The van der Waals surface area contributed by atoms with Crippen LogP contribution in [0.15, 0.2) is 42.6 Å². The number of aromatic nitrogens is 3. The van der Waals surface area contributed by atoms with Crippen LogP contribution in [0.5, 0.6) is 0 Å². The van der Waals surface area contributed by atoms with E-state index in [4.69, 9.17) is 0 Å². The normalized spacial score (nSPS) is 10.8. The molecule has 1 aromatic carbocycles. The van der Waals surface area contributed by atoms with Crippen molar-refractivity contribution in [3.05, 3.63) is 54.1 Å². The fourth-order valence-electron chi connectivity index (χ4n) is 2.38. The maximum atomic E-state index is 12.1. The second-order valence-electron chi connectivity index (χ2n) is 5.08. The third-order valence-electron chi connectivity index (χ3n) is 3.36. The predicted octanol–water partition coefficient (Wildman–Crippen LogP) is 2.43. The van der Waals surface area contributed by atoms with Crippen LogP contribution in [-0.2, 0) is 0 Å². The molecule has 3 aromatic rings. The monoisotopic (exact) mass is 280 g/mol. The lowest BCUT2D eigenvalue weighted by Gasteiger charge is -2.11. The molecule has 21 heavy (non-hydrogen) atoms. The highest BCUT2D eigenvalue weighted by Gasteiger charge is 2.13. The van der Waals surface area contributed by atoms with E-state index in [0.29, 0.717) is 5.69 Å². The number of fused-ring (bicyclic) bond motifs is 1. The Labute approximate surface area is 122 Å². The third-order valence-corrected chi connectivity index (χ3v) is 3.36. The molecule has 0 spiro atoms. The Balaban J connectivity index is 2.17. The number of nitrogens with zero attached hydrogens (tertiary/aromatic N) is 4. The van der Waals surface area contributed by atoms with Crippen LogP contribution in [0.2, 0.25) is 0 Å². The Hall–Kier alpha value is -2.69. The Kier molecular flexibility index (Phi) is 3.17. The highest BCUT2D eigenvalue weighted by Crippen LogP contribution is 2.21. The van der Waals surface area contributed by atoms with E-state index in [0.717, 1.165) is 22.5 Å². The van der Waals surface area contributed by atoms with E-state index in [2.05, 4.69) is 9.97 Å². The number of aryl methyl sites for hydroxylation is 1. The van der Waals surface area contributed by atoms with Crippen LogP contribution in [0, 0.1) is 6.92 Å². The zero-order valence-electron chi connectivity index (χ0n) is 12.2. The molecule has 0 aliphatic rings. The predicted molar refractivity (Wildman–Crippen MR) is 81.6 cm³/mol. The van der Waals surface area contributed by atoms with Crippen LogP contribution in [0.1, 0.15) is 16.3 Å². The van der Waals surface area contributed by atoms with E-state index in [-0.39, 0.29) is 5.91 Å². The van der Waals surface area contributed by atoms with E-state index in [1.54, 1.807) is 26.4 Å². The summed E-state index contributed by atoms with van der Waals surface area (Å²) in [6.45, 7) is 1.95. The van der Waals surface area contributed by atoms with Gasteiger partial charge in [-0.25, -0.2) is 4.98 Å². The molecular weight excluding hydrogens is 264 g/mol. The van der Waals surface area contributed by atoms with Gasteiger partial charge in [0.1, 0.15) is 11.5 Å². The quantitative estimate of drug-likeness (QED) is 0.724. The first kappa shape index (κ1) is 13.3. The smallest absolute Gasteiger partial charge is 0.272 e. The van der Waals surface area contributed by atoms with E-state index in [1.807, 2.05) is 41.8 Å². The van der Waals surface area contributed by atoms with Gasteiger partial charge >= 0.3 is 0 Å². The fourth-order valence-corrected chi connectivity index (χ4v) is 2.38. The Bertz CT molecular complexity index is 820. The lowest BCUT2D eigenvalue weighted by atomic mass is 10.2. The molecule has 0 aliphatic heterocycles. The molecule has 0 unspecified atom stereocenters. The average molecular weight is 280 g/mol. The molecule has 3 rings (SSSR count). The first-order valence-electron chi connectivity index (χ1n) is 6.70. The molecule has 0 radical (unpaired) electrons. The molecular formula is C16H16N4O. The molecule has 1 amide bonds. The number of imidazole rings is 1. The maximum Gasteiger partial charge on any atom is 0.272 e. The number of para-hydroxylation sites is 2. The minimum Gasteiger partial charge on any atom is -0.343 e. The number of amides is 1. The Morgan fingerprint density at radius 2 is 1.95 bits per heavy atom.